The summed E-state index contributed by atoms with van der Waals surface area (Å²) in [7, 11) is 0. The third-order valence-corrected chi connectivity index (χ3v) is 8.41. The number of nitrogens with one attached hydrogen (secondary N) is 4. The molecule has 0 radical (unpaired) electrons. The van der Waals surface area contributed by atoms with E-state index in [9.17, 15) is 4.79 Å². The standard InChI is InChI=1S/C33H39ClFN7O/c1-3-24(37)7-4-6-21-16-27(31(35)28(34)17-21)30-18-23-19-42(33(43)41-32(23)40-30)26-12-10-22(11-13-26)29-9-5-8-25(39-29)14-15-38-20(2)36/h3,10-13,16-19,24-25,29,39H,1,4-9,14-15,37H2,2H3,(H2,36,38)(H,40,41,43)/t24-,25+,29+/m1/s1. The maximum absolute atomic E-state index is 15.1. The molecule has 8 nitrogen and oxygen atoms in total. The van der Waals surface area contributed by atoms with E-state index in [0.717, 1.165) is 50.6 Å². The lowest BCUT2D eigenvalue weighted by Crippen LogP contribution is -2.39. The Morgan fingerprint density at radius 1 is 1.30 bits per heavy atom. The quantitative estimate of drug-likeness (QED) is 0.0797. The maximum Gasteiger partial charge on any atom is 0.354 e. The number of H-pyrrole nitrogens is 1. The van der Waals surface area contributed by atoms with Crippen molar-refractivity contribution in [2.75, 3.05) is 6.54 Å². The van der Waals surface area contributed by atoms with E-state index >= 15 is 4.39 Å². The van der Waals surface area contributed by atoms with Crippen molar-refractivity contribution >= 4 is 28.5 Å². The van der Waals surface area contributed by atoms with E-state index in [1.165, 1.54) is 10.1 Å². The van der Waals surface area contributed by atoms with Gasteiger partial charge in [0, 0.05) is 41.8 Å². The van der Waals surface area contributed by atoms with Crippen molar-refractivity contribution in [2.45, 2.75) is 70.0 Å². The topological polar surface area (TPSA) is 125 Å². The van der Waals surface area contributed by atoms with Gasteiger partial charge in [0.1, 0.15) is 5.65 Å². The second kappa shape index (κ2) is 13.7. The van der Waals surface area contributed by atoms with Crippen molar-refractivity contribution in [2.24, 2.45) is 5.73 Å². The molecule has 3 heterocycles. The second-order valence-electron chi connectivity index (χ2n) is 11.4. The predicted molar refractivity (Wildman–Crippen MR) is 173 cm³/mol. The van der Waals surface area contributed by atoms with Gasteiger partial charge in [-0.1, -0.05) is 36.2 Å². The molecule has 43 heavy (non-hydrogen) atoms. The fraction of sp³-hybridized carbons (Fsp3) is 0.364. The van der Waals surface area contributed by atoms with Crippen LogP contribution < -0.4 is 22.1 Å². The van der Waals surface area contributed by atoms with Crippen molar-refractivity contribution in [3.8, 4) is 16.9 Å². The Bertz CT molecular complexity index is 1660. The van der Waals surface area contributed by atoms with Crippen molar-refractivity contribution in [1.29, 1.82) is 5.41 Å². The molecule has 1 saturated heterocycles. The smallest absolute Gasteiger partial charge is 0.354 e. The molecule has 2 aromatic carbocycles. The molecule has 4 aromatic rings. The van der Waals surface area contributed by atoms with Gasteiger partial charge in [0.15, 0.2) is 5.82 Å². The zero-order valence-corrected chi connectivity index (χ0v) is 25.2. The Morgan fingerprint density at radius 2 is 2.09 bits per heavy atom. The number of amidine groups is 1. The van der Waals surface area contributed by atoms with Crippen LogP contribution in [0.25, 0.3) is 28.0 Å². The summed E-state index contributed by atoms with van der Waals surface area (Å²) >= 11 is 6.26. The molecule has 6 N–H and O–H groups in total. The monoisotopic (exact) mass is 603 g/mol. The van der Waals surface area contributed by atoms with E-state index in [-0.39, 0.29) is 17.1 Å². The van der Waals surface area contributed by atoms with Gasteiger partial charge in [-0.15, -0.1) is 6.58 Å². The van der Waals surface area contributed by atoms with Crippen LogP contribution in [-0.2, 0) is 6.42 Å². The highest BCUT2D eigenvalue weighted by Crippen LogP contribution is 2.32. The van der Waals surface area contributed by atoms with E-state index in [1.807, 2.05) is 12.1 Å². The summed E-state index contributed by atoms with van der Waals surface area (Å²) in [6, 6.07) is 13.8. The molecule has 1 fully saturated rings. The van der Waals surface area contributed by atoms with Crippen LogP contribution in [0, 0.1) is 11.2 Å². The van der Waals surface area contributed by atoms with E-state index in [2.05, 4.69) is 39.3 Å². The number of rotatable bonds is 11. The van der Waals surface area contributed by atoms with Crippen LogP contribution in [0.2, 0.25) is 5.02 Å². The van der Waals surface area contributed by atoms with Gasteiger partial charge >= 0.3 is 5.69 Å². The number of piperidine rings is 1. The predicted octanol–water partition coefficient (Wildman–Crippen LogP) is 6.17. The highest BCUT2D eigenvalue weighted by atomic mass is 35.5. The Balaban J connectivity index is 1.34. The molecule has 10 heteroatoms. The van der Waals surface area contributed by atoms with Crippen molar-refractivity contribution in [3.63, 3.8) is 0 Å². The molecule has 2 aromatic heterocycles. The number of nitrogens with two attached hydrogens (primary N) is 1. The number of nitrogens with zero attached hydrogens (tertiary/aromatic N) is 2. The molecule has 0 unspecified atom stereocenters. The van der Waals surface area contributed by atoms with Gasteiger partial charge in [-0.2, -0.15) is 4.98 Å². The molecule has 0 bridgehead atoms. The largest absolute Gasteiger partial charge is 0.374 e. The molecular weight excluding hydrogens is 565 g/mol. The molecule has 0 spiro atoms. The molecule has 1 aliphatic heterocycles. The Kier molecular flexibility index (Phi) is 9.75. The Labute approximate surface area is 256 Å². The zero-order chi connectivity index (χ0) is 30.5. The van der Waals surface area contributed by atoms with Crippen LogP contribution in [0.3, 0.4) is 0 Å². The van der Waals surface area contributed by atoms with Gasteiger partial charge < -0.3 is 21.4 Å². The highest BCUT2D eigenvalue weighted by molar-refractivity contribution is 6.31. The average Bonchev–Trinajstić information content (AvgIpc) is 3.41. The van der Waals surface area contributed by atoms with Crippen molar-refractivity contribution in [1.82, 2.24) is 25.2 Å². The average molecular weight is 604 g/mol. The lowest BCUT2D eigenvalue weighted by atomic mass is 9.92. The van der Waals surface area contributed by atoms with Crippen molar-refractivity contribution in [3.05, 3.63) is 93.8 Å². The molecule has 226 valence electrons. The van der Waals surface area contributed by atoms with E-state index in [4.69, 9.17) is 22.7 Å². The molecule has 5 rings (SSSR count). The second-order valence-corrected chi connectivity index (χ2v) is 11.8. The molecule has 3 atom stereocenters. The zero-order valence-electron chi connectivity index (χ0n) is 24.4. The van der Waals surface area contributed by atoms with E-state index < -0.39 is 11.5 Å². The first-order valence-electron chi connectivity index (χ1n) is 14.9. The number of fused-ring (bicyclic) bond motifs is 1. The van der Waals surface area contributed by atoms with E-state index in [1.54, 1.807) is 37.4 Å². The minimum atomic E-state index is -0.523. The minimum absolute atomic E-state index is 0.0451. The minimum Gasteiger partial charge on any atom is -0.374 e. The fourth-order valence-corrected chi connectivity index (χ4v) is 6.02. The fourth-order valence-electron chi connectivity index (χ4n) is 5.78. The van der Waals surface area contributed by atoms with Gasteiger partial charge in [0.2, 0.25) is 0 Å². The van der Waals surface area contributed by atoms with Crippen LogP contribution in [0.1, 0.15) is 62.6 Å². The summed E-state index contributed by atoms with van der Waals surface area (Å²) in [6.45, 7) is 6.26. The lowest BCUT2D eigenvalue weighted by Gasteiger charge is -2.31. The third kappa shape index (κ3) is 7.41. The number of halogens is 2. The van der Waals surface area contributed by atoms with Crippen LogP contribution >= 0.6 is 11.6 Å². The van der Waals surface area contributed by atoms with Crippen molar-refractivity contribution < 1.29 is 4.39 Å². The first kappa shape index (κ1) is 30.7. The van der Waals surface area contributed by atoms with E-state index in [0.29, 0.717) is 46.3 Å². The molecule has 0 saturated carbocycles. The van der Waals surface area contributed by atoms with Gasteiger partial charge in [0.25, 0.3) is 0 Å². The summed E-state index contributed by atoms with van der Waals surface area (Å²) in [5.41, 5.74) is 9.52. The summed E-state index contributed by atoms with van der Waals surface area (Å²) in [4.78, 5) is 20.4. The summed E-state index contributed by atoms with van der Waals surface area (Å²) in [5.74, 6) is -0.0331. The Morgan fingerprint density at radius 3 is 2.84 bits per heavy atom. The summed E-state index contributed by atoms with van der Waals surface area (Å²) < 4.78 is 16.7. The van der Waals surface area contributed by atoms with Crippen LogP contribution in [0.4, 0.5) is 4.39 Å². The molecule has 1 aliphatic rings. The first-order valence-corrected chi connectivity index (χ1v) is 15.2. The molecular formula is C33H39ClFN7O. The van der Waals surface area contributed by atoms with Gasteiger partial charge in [-0.3, -0.25) is 9.98 Å². The number of hydrogen-bond donors (Lipinski definition) is 5. The number of aromatic amines is 1. The lowest BCUT2D eigenvalue weighted by molar-refractivity contribution is 0.312. The number of benzene rings is 2. The van der Waals surface area contributed by atoms with Crippen LogP contribution in [0.15, 0.2) is 66.1 Å². The number of aromatic nitrogens is 3. The highest BCUT2D eigenvalue weighted by Gasteiger charge is 2.22. The molecule has 0 aliphatic carbocycles. The SMILES string of the molecule is C=C[C@@H](N)CCCc1cc(Cl)c(F)c(-c2cc3cn(-c4ccc([C@@H]5CCC[C@@H](CCNC(C)=N)N5)cc4)c(=O)nc3[nH]2)c1. The van der Waals surface area contributed by atoms with Gasteiger partial charge in [-0.05, 0) is 86.9 Å². The third-order valence-electron chi connectivity index (χ3n) is 8.13. The van der Waals surface area contributed by atoms with Gasteiger partial charge in [0.05, 0.1) is 22.2 Å². The van der Waals surface area contributed by atoms with Crippen LogP contribution in [0.5, 0.6) is 0 Å². The summed E-state index contributed by atoms with van der Waals surface area (Å²) in [5, 5.41) is 15.1. The number of hydrogen-bond acceptors (Lipinski definition) is 5. The molecule has 0 amide bonds. The summed E-state index contributed by atoms with van der Waals surface area (Å²) in [6.07, 6.45) is 10.0. The maximum atomic E-state index is 15.1. The number of aryl methyl sites for hydroxylation is 1. The Hall–Kier alpha value is -3.79. The van der Waals surface area contributed by atoms with Crippen LogP contribution in [-0.4, -0.2) is 39.0 Å². The van der Waals surface area contributed by atoms with Gasteiger partial charge in [-0.25, -0.2) is 9.18 Å². The first-order chi connectivity index (χ1) is 20.7. The normalized spacial score (nSPS) is 17.6.